The van der Waals surface area contributed by atoms with Crippen LogP contribution >= 0.6 is 0 Å². The third-order valence-corrected chi connectivity index (χ3v) is 0.956. The summed E-state index contributed by atoms with van der Waals surface area (Å²) in [7, 11) is 1.24. The maximum atomic E-state index is 10.6. The highest BCUT2D eigenvalue weighted by molar-refractivity contribution is 6.35. The molecule has 0 saturated carbocycles. The van der Waals surface area contributed by atoms with Crippen molar-refractivity contribution in [2.45, 2.75) is 19.9 Å². The predicted octanol–water partition coefficient (Wildman–Crippen LogP) is -0.0467. The first-order valence-corrected chi connectivity index (χ1v) is 3.51. The minimum Gasteiger partial charge on any atom is -0.463 e. The molecule has 0 rings (SSSR count). The Kier molecular flexibility index (Phi) is 4.67. The van der Waals surface area contributed by atoms with Crippen LogP contribution in [0.15, 0.2) is 9.98 Å². The van der Waals surface area contributed by atoms with E-state index in [0.717, 1.165) is 0 Å². The third kappa shape index (κ3) is 4.43. The van der Waals surface area contributed by atoms with Crippen LogP contribution in [0.3, 0.4) is 0 Å². The number of nitrogens with zero attached hydrogens (tertiary/aromatic N) is 2. The highest BCUT2D eigenvalue weighted by Gasteiger charge is 2.03. The van der Waals surface area contributed by atoms with E-state index >= 15 is 0 Å². The number of esters is 1. The molecule has 0 aromatic rings. The molecule has 0 aliphatic carbocycles. The van der Waals surface area contributed by atoms with Crippen molar-refractivity contribution in [2.75, 3.05) is 7.11 Å². The highest BCUT2D eigenvalue weighted by Crippen LogP contribution is 1.83. The van der Waals surface area contributed by atoms with Gasteiger partial charge in [0.25, 0.3) is 0 Å². The monoisotopic (exact) mass is 171 g/mol. The van der Waals surface area contributed by atoms with Gasteiger partial charge in [-0.05, 0) is 13.8 Å². The summed E-state index contributed by atoms with van der Waals surface area (Å²) in [5, 5.41) is 0. The van der Waals surface area contributed by atoms with E-state index in [2.05, 4.69) is 14.7 Å². The van der Waals surface area contributed by atoms with E-state index < -0.39 is 5.97 Å². The maximum Gasteiger partial charge on any atom is 0.373 e. The standard InChI is InChI=1S/C7H13N3O2/c1-5(2)9-4-10-6(8)7(11)12-3/h4-5H,1-3H3,(H2,8,9,10). The van der Waals surface area contributed by atoms with E-state index in [-0.39, 0.29) is 11.9 Å². The maximum absolute atomic E-state index is 10.6. The lowest BCUT2D eigenvalue weighted by molar-refractivity contribution is -0.132. The highest BCUT2D eigenvalue weighted by atomic mass is 16.5. The van der Waals surface area contributed by atoms with Crippen molar-refractivity contribution < 1.29 is 9.53 Å². The Bertz CT molecular complexity index is 209. The molecule has 0 spiro atoms. The van der Waals surface area contributed by atoms with Gasteiger partial charge in [0.2, 0.25) is 5.84 Å². The van der Waals surface area contributed by atoms with Crippen LogP contribution in [-0.2, 0) is 9.53 Å². The van der Waals surface area contributed by atoms with Gasteiger partial charge in [-0.25, -0.2) is 9.79 Å². The van der Waals surface area contributed by atoms with Crippen LogP contribution in [0.25, 0.3) is 0 Å². The summed E-state index contributed by atoms with van der Waals surface area (Å²) in [6, 6.07) is 0.138. The molecule has 0 saturated heterocycles. The van der Waals surface area contributed by atoms with Crippen LogP contribution in [0.5, 0.6) is 0 Å². The van der Waals surface area contributed by atoms with E-state index in [1.165, 1.54) is 13.4 Å². The third-order valence-electron chi connectivity index (χ3n) is 0.956. The Balaban J connectivity index is 4.09. The van der Waals surface area contributed by atoms with Crippen LogP contribution in [-0.4, -0.2) is 31.3 Å². The molecule has 5 nitrogen and oxygen atoms in total. The van der Waals surface area contributed by atoms with Crippen molar-refractivity contribution in [3.8, 4) is 0 Å². The Morgan fingerprint density at radius 3 is 2.58 bits per heavy atom. The Morgan fingerprint density at radius 2 is 2.17 bits per heavy atom. The molecular formula is C7H13N3O2. The smallest absolute Gasteiger partial charge is 0.373 e. The van der Waals surface area contributed by atoms with Crippen molar-refractivity contribution in [3.05, 3.63) is 0 Å². The minimum absolute atomic E-state index is 0.138. The van der Waals surface area contributed by atoms with Crippen molar-refractivity contribution in [2.24, 2.45) is 15.7 Å². The summed E-state index contributed by atoms with van der Waals surface area (Å²) >= 11 is 0. The number of rotatable bonds is 2. The van der Waals surface area contributed by atoms with Crippen LogP contribution in [0.1, 0.15) is 13.8 Å². The second-order valence-corrected chi connectivity index (χ2v) is 2.36. The molecule has 0 amide bonds. The van der Waals surface area contributed by atoms with Crippen molar-refractivity contribution in [1.82, 2.24) is 0 Å². The number of amidine groups is 1. The average Bonchev–Trinajstić information content (AvgIpc) is 2.02. The summed E-state index contributed by atoms with van der Waals surface area (Å²) in [5.41, 5.74) is 5.20. The van der Waals surface area contributed by atoms with Crippen LogP contribution in [0.4, 0.5) is 0 Å². The lowest BCUT2D eigenvalue weighted by Gasteiger charge is -1.95. The van der Waals surface area contributed by atoms with Gasteiger partial charge in [-0.1, -0.05) is 0 Å². The van der Waals surface area contributed by atoms with E-state index in [4.69, 9.17) is 5.73 Å². The van der Waals surface area contributed by atoms with Gasteiger partial charge in [0.15, 0.2) is 0 Å². The van der Waals surface area contributed by atoms with Gasteiger partial charge in [-0.2, -0.15) is 0 Å². The molecule has 0 atom stereocenters. The fraction of sp³-hybridized carbons (Fsp3) is 0.571. The first kappa shape index (κ1) is 10.6. The van der Waals surface area contributed by atoms with Gasteiger partial charge in [0, 0.05) is 6.04 Å². The predicted molar refractivity (Wildman–Crippen MR) is 47.3 cm³/mol. The zero-order chi connectivity index (χ0) is 9.56. The van der Waals surface area contributed by atoms with Crippen molar-refractivity contribution >= 4 is 18.1 Å². The van der Waals surface area contributed by atoms with E-state index in [1.807, 2.05) is 13.8 Å². The molecule has 2 N–H and O–H groups in total. The molecular weight excluding hydrogens is 158 g/mol. The van der Waals surface area contributed by atoms with Gasteiger partial charge in [-0.3, -0.25) is 4.99 Å². The fourth-order valence-corrected chi connectivity index (χ4v) is 0.386. The zero-order valence-electron chi connectivity index (χ0n) is 7.44. The van der Waals surface area contributed by atoms with Gasteiger partial charge in [0.1, 0.15) is 6.34 Å². The van der Waals surface area contributed by atoms with Crippen LogP contribution in [0, 0.1) is 0 Å². The van der Waals surface area contributed by atoms with Crippen LogP contribution < -0.4 is 5.73 Å². The molecule has 0 fully saturated rings. The van der Waals surface area contributed by atoms with Gasteiger partial charge in [-0.15, -0.1) is 0 Å². The Hall–Kier alpha value is -1.39. The summed E-state index contributed by atoms with van der Waals surface area (Å²) in [4.78, 5) is 18.1. The lowest BCUT2D eigenvalue weighted by atomic mass is 10.4. The molecule has 68 valence electrons. The first-order chi connectivity index (χ1) is 5.57. The van der Waals surface area contributed by atoms with Crippen molar-refractivity contribution in [1.29, 1.82) is 0 Å². The van der Waals surface area contributed by atoms with Gasteiger partial charge in [0.05, 0.1) is 7.11 Å². The number of hydrogen-bond donors (Lipinski definition) is 1. The fourth-order valence-electron chi connectivity index (χ4n) is 0.386. The van der Waals surface area contributed by atoms with Crippen LogP contribution in [0.2, 0.25) is 0 Å². The molecule has 0 aromatic heterocycles. The number of ether oxygens (including phenoxy) is 1. The summed E-state index contributed by atoms with van der Waals surface area (Å²) in [6.07, 6.45) is 1.25. The first-order valence-electron chi connectivity index (χ1n) is 3.51. The number of nitrogens with two attached hydrogens (primary N) is 1. The quantitative estimate of drug-likeness (QED) is 0.359. The van der Waals surface area contributed by atoms with E-state index in [1.54, 1.807) is 0 Å². The molecule has 0 aliphatic heterocycles. The van der Waals surface area contributed by atoms with Gasteiger partial charge >= 0.3 is 5.97 Å². The Morgan fingerprint density at radius 1 is 1.58 bits per heavy atom. The minimum atomic E-state index is -0.648. The molecule has 12 heavy (non-hydrogen) atoms. The normalized spacial score (nSPS) is 12.5. The van der Waals surface area contributed by atoms with Crippen molar-refractivity contribution in [3.63, 3.8) is 0 Å². The molecule has 0 bridgehead atoms. The summed E-state index contributed by atoms with van der Waals surface area (Å²) in [6.45, 7) is 3.78. The van der Waals surface area contributed by atoms with E-state index in [0.29, 0.717) is 0 Å². The summed E-state index contributed by atoms with van der Waals surface area (Å²) in [5.74, 6) is -0.841. The number of carbonyl (C=O) groups excluding carboxylic acids is 1. The summed E-state index contributed by atoms with van der Waals surface area (Å²) < 4.78 is 4.31. The number of methoxy groups -OCH3 is 1. The Labute approximate surface area is 71.3 Å². The molecule has 0 aliphatic rings. The van der Waals surface area contributed by atoms with Gasteiger partial charge < -0.3 is 10.5 Å². The number of aliphatic imine (C=N–C) groups is 2. The largest absolute Gasteiger partial charge is 0.463 e. The number of carbonyl (C=O) groups is 1. The SMILES string of the molecule is COC(=O)C(N)=NC=NC(C)C. The molecule has 0 radical (unpaired) electrons. The molecule has 0 unspecified atom stereocenters. The average molecular weight is 171 g/mol. The lowest BCUT2D eigenvalue weighted by Crippen LogP contribution is -2.25. The second-order valence-electron chi connectivity index (χ2n) is 2.36. The molecule has 0 heterocycles. The molecule has 0 aromatic carbocycles. The zero-order valence-corrected chi connectivity index (χ0v) is 7.44. The number of hydrogen-bond acceptors (Lipinski definition) is 3. The molecule has 5 heteroatoms. The van der Waals surface area contributed by atoms with E-state index in [9.17, 15) is 4.79 Å². The second kappa shape index (κ2) is 5.29. The topological polar surface area (TPSA) is 77.0 Å².